The molecule has 0 heterocycles. The molecule has 1 aromatic rings. The topological polar surface area (TPSA) is 26.0 Å². The molecule has 2 fully saturated rings. The number of aryl methyl sites for hydroxylation is 1. The molecule has 0 bridgehead atoms. The van der Waals surface area contributed by atoms with Crippen LogP contribution in [0.15, 0.2) is 24.3 Å². The third kappa shape index (κ3) is 2.93. The third-order valence-corrected chi connectivity index (χ3v) is 5.83. The Hall–Kier alpha value is -0.820. The zero-order valence-electron chi connectivity index (χ0n) is 12.9. The van der Waals surface area contributed by atoms with Crippen molar-refractivity contribution in [1.29, 1.82) is 0 Å². The Morgan fingerprint density at radius 3 is 2.70 bits per heavy atom. The summed E-state index contributed by atoms with van der Waals surface area (Å²) in [4.78, 5) is 0. The van der Waals surface area contributed by atoms with Gasteiger partial charge in [0.2, 0.25) is 0 Å². The lowest BCUT2D eigenvalue weighted by Crippen LogP contribution is -2.33. The van der Waals surface area contributed by atoms with E-state index in [1.807, 2.05) is 0 Å². The van der Waals surface area contributed by atoms with Gasteiger partial charge < -0.3 is 5.73 Å². The Balaban J connectivity index is 1.69. The monoisotopic (exact) mass is 271 g/mol. The van der Waals surface area contributed by atoms with Crippen molar-refractivity contribution >= 4 is 0 Å². The Morgan fingerprint density at radius 1 is 1.10 bits per heavy atom. The molecule has 0 aliphatic heterocycles. The Morgan fingerprint density at radius 2 is 1.90 bits per heavy atom. The van der Waals surface area contributed by atoms with Crippen molar-refractivity contribution in [3.05, 3.63) is 35.4 Å². The van der Waals surface area contributed by atoms with E-state index >= 15 is 0 Å². The molecule has 1 aromatic carbocycles. The van der Waals surface area contributed by atoms with Gasteiger partial charge in [0, 0.05) is 6.04 Å². The molecule has 1 heteroatoms. The molecular weight excluding hydrogens is 242 g/mol. The molecule has 3 rings (SSSR count). The first kappa shape index (κ1) is 14.1. The van der Waals surface area contributed by atoms with E-state index in [1.165, 1.54) is 56.1 Å². The number of fused-ring (bicyclic) bond motifs is 1. The molecular formula is C19H29N. The number of benzene rings is 1. The van der Waals surface area contributed by atoms with E-state index in [0.717, 1.165) is 18.3 Å². The van der Waals surface area contributed by atoms with Crippen LogP contribution in [0.4, 0.5) is 0 Å². The summed E-state index contributed by atoms with van der Waals surface area (Å²) in [5, 5.41) is 0. The highest BCUT2D eigenvalue weighted by Gasteiger charge is 2.34. The van der Waals surface area contributed by atoms with E-state index in [-0.39, 0.29) is 6.04 Å². The largest absolute Gasteiger partial charge is 0.324 e. The fourth-order valence-electron chi connectivity index (χ4n) is 4.53. The van der Waals surface area contributed by atoms with Crippen molar-refractivity contribution in [2.45, 2.75) is 64.3 Å². The standard InChI is InChI=1S/C19H29N/c1-2-14-6-5-9-17(12-14)19(20)18-11-10-15-7-3-4-8-16(15)13-18/h5-6,9,12,15-16,18-19H,2-4,7-8,10-11,13,20H2,1H3. The van der Waals surface area contributed by atoms with Gasteiger partial charge in [-0.2, -0.15) is 0 Å². The minimum Gasteiger partial charge on any atom is -0.324 e. The fraction of sp³-hybridized carbons (Fsp3) is 0.684. The summed E-state index contributed by atoms with van der Waals surface area (Å²) in [6.07, 6.45) is 11.1. The van der Waals surface area contributed by atoms with Crippen LogP contribution < -0.4 is 5.73 Å². The first-order valence-corrected chi connectivity index (χ1v) is 8.62. The molecule has 0 radical (unpaired) electrons. The van der Waals surface area contributed by atoms with Gasteiger partial charge in [-0.05, 0) is 54.6 Å². The van der Waals surface area contributed by atoms with Crippen LogP contribution >= 0.6 is 0 Å². The van der Waals surface area contributed by atoms with Crippen LogP contribution in [0.3, 0.4) is 0 Å². The summed E-state index contributed by atoms with van der Waals surface area (Å²) in [5.41, 5.74) is 9.40. The molecule has 2 saturated carbocycles. The Kier molecular flexibility index (Phi) is 4.45. The molecule has 110 valence electrons. The lowest BCUT2D eigenvalue weighted by molar-refractivity contribution is 0.117. The van der Waals surface area contributed by atoms with E-state index in [1.54, 1.807) is 0 Å². The molecule has 4 unspecified atom stereocenters. The highest BCUT2D eigenvalue weighted by atomic mass is 14.7. The van der Waals surface area contributed by atoms with Gasteiger partial charge in [0.05, 0.1) is 0 Å². The van der Waals surface area contributed by atoms with Gasteiger partial charge in [0.1, 0.15) is 0 Å². The lowest BCUT2D eigenvalue weighted by Gasteiger charge is -2.41. The number of nitrogens with two attached hydrogens (primary N) is 1. The second-order valence-electron chi connectivity index (χ2n) is 7.00. The fourth-order valence-corrected chi connectivity index (χ4v) is 4.53. The Labute approximate surface area is 124 Å². The zero-order valence-corrected chi connectivity index (χ0v) is 12.9. The van der Waals surface area contributed by atoms with Crippen LogP contribution in [0, 0.1) is 17.8 Å². The van der Waals surface area contributed by atoms with Crippen molar-refractivity contribution in [2.24, 2.45) is 23.5 Å². The van der Waals surface area contributed by atoms with Crippen LogP contribution in [-0.2, 0) is 6.42 Å². The lowest BCUT2D eigenvalue weighted by atomic mass is 9.65. The van der Waals surface area contributed by atoms with Gasteiger partial charge in [-0.15, -0.1) is 0 Å². The quantitative estimate of drug-likeness (QED) is 0.835. The molecule has 4 atom stereocenters. The smallest absolute Gasteiger partial charge is 0.0323 e. The SMILES string of the molecule is CCc1cccc(C(N)C2CCC3CCCCC3C2)c1. The number of hydrogen-bond acceptors (Lipinski definition) is 1. The van der Waals surface area contributed by atoms with Gasteiger partial charge in [-0.25, -0.2) is 0 Å². The first-order valence-electron chi connectivity index (χ1n) is 8.62. The summed E-state index contributed by atoms with van der Waals surface area (Å²) >= 11 is 0. The first-order chi connectivity index (χ1) is 9.78. The van der Waals surface area contributed by atoms with Crippen molar-refractivity contribution in [3.63, 3.8) is 0 Å². The highest BCUT2D eigenvalue weighted by molar-refractivity contribution is 5.26. The summed E-state index contributed by atoms with van der Waals surface area (Å²) in [6.45, 7) is 2.22. The van der Waals surface area contributed by atoms with Gasteiger partial charge in [0.15, 0.2) is 0 Å². The van der Waals surface area contributed by atoms with E-state index in [9.17, 15) is 0 Å². The second-order valence-corrected chi connectivity index (χ2v) is 7.00. The van der Waals surface area contributed by atoms with E-state index < -0.39 is 0 Å². The molecule has 0 saturated heterocycles. The maximum Gasteiger partial charge on any atom is 0.0323 e. The number of rotatable bonds is 3. The molecule has 1 nitrogen and oxygen atoms in total. The average molecular weight is 271 g/mol. The highest BCUT2D eigenvalue weighted by Crippen LogP contribution is 2.45. The molecule has 0 aromatic heterocycles. The van der Waals surface area contributed by atoms with Crippen LogP contribution in [0.5, 0.6) is 0 Å². The molecule has 0 spiro atoms. The minimum atomic E-state index is 0.254. The zero-order chi connectivity index (χ0) is 13.9. The molecule has 2 aliphatic carbocycles. The van der Waals surface area contributed by atoms with Crippen LogP contribution in [-0.4, -0.2) is 0 Å². The van der Waals surface area contributed by atoms with Crippen LogP contribution in [0.1, 0.15) is 69.0 Å². The summed E-state index contributed by atoms with van der Waals surface area (Å²) < 4.78 is 0. The molecule has 2 aliphatic rings. The van der Waals surface area contributed by atoms with E-state index in [2.05, 4.69) is 31.2 Å². The predicted molar refractivity (Wildman–Crippen MR) is 85.5 cm³/mol. The van der Waals surface area contributed by atoms with Crippen LogP contribution in [0.25, 0.3) is 0 Å². The van der Waals surface area contributed by atoms with Crippen molar-refractivity contribution in [3.8, 4) is 0 Å². The molecule has 0 amide bonds. The van der Waals surface area contributed by atoms with Gasteiger partial charge in [0.25, 0.3) is 0 Å². The van der Waals surface area contributed by atoms with Crippen molar-refractivity contribution in [1.82, 2.24) is 0 Å². The summed E-state index contributed by atoms with van der Waals surface area (Å²) in [5.74, 6) is 2.71. The maximum absolute atomic E-state index is 6.62. The van der Waals surface area contributed by atoms with Gasteiger partial charge >= 0.3 is 0 Å². The maximum atomic E-state index is 6.62. The van der Waals surface area contributed by atoms with Gasteiger partial charge in [-0.3, -0.25) is 0 Å². The molecule has 2 N–H and O–H groups in total. The van der Waals surface area contributed by atoms with Crippen LogP contribution in [0.2, 0.25) is 0 Å². The third-order valence-electron chi connectivity index (χ3n) is 5.83. The van der Waals surface area contributed by atoms with Crippen molar-refractivity contribution < 1.29 is 0 Å². The number of hydrogen-bond donors (Lipinski definition) is 1. The Bertz CT molecular complexity index is 439. The van der Waals surface area contributed by atoms with E-state index in [4.69, 9.17) is 5.73 Å². The minimum absolute atomic E-state index is 0.254. The van der Waals surface area contributed by atoms with Crippen molar-refractivity contribution in [2.75, 3.05) is 0 Å². The average Bonchev–Trinajstić information content (AvgIpc) is 2.53. The molecule has 20 heavy (non-hydrogen) atoms. The van der Waals surface area contributed by atoms with Gasteiger partial charge in [-0.1, -0.05) is 56.9 Å². The second kappa shape index (κ2) is 6.30. The predicted octanol–water partition coefficient (Wildman–Crippen LogP) is 4.86. The summed E-state index contributed by atoms with van der Waals surface area (Å²) in [6, 6.07) is 9.22. The van der Waals surface area contributed by atoms with E-state index in [0.29, 0.717) is 5.92 Å². The normalized spacial score (nSPS) is 31.6. The summed E-state index contributed by atoms with van der Waals surface area (Å²) in [7, 11) is 0.